The first-order chi connectivity index (χ1) is 11.2. The van der Waals surface area contributed by atoms with Crippen molar-refractivity contribution in [3.8, 4) is 5.75 Å². The topological polar surface area (TPSA) is 59.9 Å². The molecule has 0 aliphatic heterocycles. The van der Waals surface area contributed by atoms with Crippen molar-refractivity contribution in [1.29, 1.82) is 0 Å². The maximum atomic E-state index is 5.91. The molecule has 0 aromatic carbocycles. The standard InChI is InChI=1S/C18H26N4O/c1-4-7-16(8-5-2)22-18-17(12-20-14(3)21-18)23-13-15-9-6-10-19-11-15/h6,9-12,16H,4-5,7-8,13H2,1-3H3,(H,20,21,22). The van der Waals surface area contributed by atoms with Crippen LogP contribution in [0.4, 0.5) is 5.82 Å². The Morgan fingerprint density at radius 1 is 1.17 bits per heavy atom. The molecular weight excluding hydrogens is 288 g/mol. The van der Waals surface area contributed by atoms with Crippen molar-refractivity contribution in [2.45, 2.75) is 59.1 Å². The Morgan fingerprint density at radius 3 is 2.61 bits per heavy atom. The van der Waals surface area contributed by atoms with Gasteiger partial charge in [-0.3, -0.25) is 4.98 Å². The third-order valence-electron chi connectivity index (χ3n) is 3.61. The Morgan fingerprint density at radius 2 is 1.96 bits per heavy atom. The second kappa shape index (κ2) is 9.08. The summed E-state index contributed by atoms with van der Waals surface area (Å²) in [5.41, 5.74) is 1.03. The summed E-state index contributed by atoms with van der Waals surface area (Å²) in [7, 11) is 0. The SMILES string of the molecule is CCCC(CCC)Nc1nc(C)ncc1OCc1cccnc1. The highest BCUT2D eigenvalue weighted by atomic mass is 16.5. The lowest BCUT2D eigenvalue weighted by Gasteiger charge is -2.20. The number of pyridine rings is 1. The molecule has 0 aliphatic rings. The average molecular weight is 314 g/mol. The lowest BCUT2D eigenvalue weighted by Crippen LogP contribution is -2.20. The van der Waals surface area contributed by atoms with Crippen LogP contribution >= 0.6 is 0 Å². The van der Waals surface area contributed by atoms with E-state index in [2.05, 4.69) is 34.1 Å². The molecule has 0 unspecified atom stereocenters. The van der Waals surface area contributed by atoms with Gasteiger partial charge in [-0.25, -0.2) is 9.97 Å². The monoisotopic (exact) mass is 314 g/mol. The molecule has 0 saturated heterocycles. The molecule has 0 atom stereocenters. The van der Waals surface area contributed by atoms with Gasteiger partial charge >= 0.3 is 0 Å². The van der Waals surface area contributed by atoms with Crippen LogP contribution in [0.15, 0.2) is 30.7 Å². The number of nitrogens with zero attached hydrogens (tertiary/aromatic N) is 3. The highest BCUT2D eigenvalue weighted by Crippen LogP contribution is 2.24. The van der Waals surface area contributed by atoms with E-state index in [1.165, 1.54) is 0 Å². The van der Waals surface area contributed by atoms with Gasteiger partial charge in [0.1, 0.15) is 12.4 Å². The quantitative estimate of drug-likeness (QED) is 0.753. The summed E-state index contributed by atoms with van der Waals surface area (Å²) in [6.45, 7) is 6.76. The van der Waals surface area contributed by atoms with E-state index in [0.717, 1.165) is 42.9 Å². The first-order valence-corrected chi connectivity index (χ1v) is 8.34. The van der Waals surface area contributed by atoms with Gasteiger partial charge in [0.05, 0.1) is 6.20 Å². The van der Waals surface area contributed by atoms with Crippen molar-refractivity contribution in [2.75, 3.05) is 5.32 Å². The predicted octanol–water partition coefficient (Wildman–Crippen LogP) is 4.14. The molecule has 124 valence electrons. The van der Waals surface area contributed by atoms with Crippen molar-refractivity contribution in [1.82, 2.24) is 15.0 Å². The van der Waals surface area contributed by atoms with Crippen LogP contribution in [0.25, 0.3) is 0 Å². The van der Waals surface area contributed by atoms with Crippen LogP contribution in [0.1, 0.15) is 50.9 Å². The number of nitrogens with one attached hydrogen (secondary N) is 1. The van der Waals surface area contributed by atoms with Crippen LogP contribution in [-0.4, -0.2) is 21.0 Å². The Kier molecular flexibility index (Phi) is 6.78. The Hall–Kier alpha value is -2.17. The number of anilines is 1. The minimum absolute atomic E-state index is 0.417. The third kappa shape index (κ3) is 5.51. The summed E-state index contributed by atoms with van der Waals surface area (Å²) in [4.78, 5) is 12.9. The summed E-state index contributed by atoms with van der Waals surface area (Å²) in [6.07, 6.45) is 9.85. The van der Waals surface area contributed by atoms with Gasteiger partial charge < -0.3 is 10.1 Å². The van der Waals surface area contributed by atoms with Crippen LogP contribution in [0.5, 0.6) is 5.75 Å². The van der Waals surface area contributed by atoms with Crippen LogP contribution in [0.2, 0.25) is 0 Å². The first-order valence-electron chi connectivity index (χ1n) is 8.34. The van der Waals surface area contributed by atoms with E-state index in [-0.39, 0.29) is 0 Å². The van der Waals surface area contributed by atoms with Gasteiger partial charge in [-0.05, 0) is 25.8 Å². The van der Waals surface area contributed by atoms with Gasteiger partial charge in [-0.2, -0.15) is 0 Å². The van der Waals surface area contributed by atoms with Gasteiger partial charge in [-0.1, -0.05) is 32.8 Å². The molecule has 23 heavy (non-hydrogen) atoms. The van der Waals surface area contributed by atoms with Crippen molar-refractivity contribution in [3.63, 3.8) is 0 Å². The lowest BCUT2D eigenvalue weighted by atomic mass is 10.1. The van der Waals surface area contributed by atoms with Gasteiger partial charge in [0.15, 0.2) is 11.6 Å². The molecule has 5 heteroatoms. The first kappa shape index (κ1) is 17.2. The minimum Gasteiger partial charge on any atom is -0.483 e. The molecule has 0 amide bonds. The van der Waals surface area contributed by atoms with Gasteiger partial charge in [-0.15, -0.1) is 0 Å². The van der Waals surface area contributed by atoms with E-state index in [4.69, 9.17) is 4.74 Å². The van der Waals surface area contributed by atoms with Crippen molar-refractivity contribution < 1.29 is 4.74 Å². The third-order valence-corrected chi connectivity index (χ3v) is 3.61. The van der Waals surface area contributed by atoms with Gasteiger partial charge in [0, 0.05) is 24.0 Å². The van der Waals surface area contributed by atoms with Gasteiger partial charge in [0.2, 0.25) is 0 Å². The molecule has 0 spiro atoms. The van der Waals surface area contributed by atoms with Crippen molar-refractivity contribution in [3.05, 3.63) is 42.1 Å². The van der Waals surface area contributed by atoms with Crippen LogP contribution in [-0.2, 0) is 6.61 Å². The molecule has 2 aromatic heterocycles. The normalized spacial score (nSPS) is 10.8. The smallest absolute Gasteiger partial charge is 0.180 e. The molecule has 0 radical (unpaired) electrons. The molecule has 1 N–H and O–H groups in total. The number of aromatic nitrogens is 3. The molecule has 0 bridgehead atoms. The molecule has 2 rings (SSSR count). The largest absolute Gasteiger partial charge is 0.483 e. The zero-order chi connectivity index (χ0) is 16.5. The second-order valence-electron chi connectivity index (χ2n) is 5.70. The number of rotatable bonds is 9. The summed E-state index contributed by atoms with van der Waals surface area (Å²) in [5, 5.41) is 3.53. The van der Waals surface area contributed by atoms with E-state index < -0.39 is 0 Å². The fraction of sp³-hybridized carbons (Fsp3) is 0.500. The van der Waals surface area contributed by atoms with Crippen LogP contribution in [0.3, 0.4) is 0 Å². The summed E-state index contributed by atoms with van der Waals surface area (Å²) >= 11 is 0. The predicted molar refractivity (Wildman–Crippen MR) is 92.6 cm³/mol. The van der Waals surface area contributed by atoms with E-state index in [1.54, 1.807) is 18.6 Å². The Balaban J connectivity index is 2.09. The molecule has 0 fully saturated rings. The van der Waals surface area contributed by atoms with Crippen LogP contribution in [0, 0.1) is 6.92 Å². The number of aryl methyl sites for hydroxylation is 1. The molecule has 2 aromatic rings. The lowest BCUT2D eigenvalue weighted by molar-refractivity contribution is 0.304. The molecular formula is C18H26N4O. The fourth-order valence-electron chi connectivity index (χ4n) is 2.49. The summed E-state index contributed by atoms with van der Waals surface area (Å²) in [5.74, 6) is 2.22. The number of hydrogen-bond donors (Lipinski definition) is 1. The number of hydrogen-bond acceptors (Lipinski definition) is 5. The van der Waals surface area contributed by atoms with Crippen molar-refractivity contribution in [2.24, 2.45) is 0 Å². The van der Waals surface area contributed by atoms with Crippen molar-refractivity contribution >= 4 is 5.82 Å². The van der Waals surface area contributed by atoms with Gasteiger partial charge in [0.25, 0.3) is 0 Å². The highest BCUT2D eigenvalue weighted by Gasteiger charge is 2.13. The Bertz CT molecular complexity index is 583. The highest BCUT2D eigenvalue weighted by molar-refractivity contribution is 5.49. The summed E-state index contributed by atoms with van der Waals surface area (Å²) in [6, 6.07) is 4.31. The maximum Gasteiger partial charge on any atom is 0.180 e. The maximum absolute atomic E-state index is 5.91. The zero-order valence-electron chi connectivity index (χ0n) is 14.2. The molecule has 0 saturated carbocycles. The fourth-order valence-corrected chi connectivity index (χ4v) is 2.49. The molecule has 5 nitrogen and oxygen atoms in total. The van der Waals surface area contributed by atoms with E-state index >= 15 is 0 Å². The van der Waals surface area contributed by atoms with E-state index in [0.29, 0.717) is 18.4 Å². The van der Waals surface area contributed by atoms with E-state index in [1.807, 2.05) is 19.1 Å². The summed E-state index contributed by atoms with van der Waals surface area (Å²) < 4.78 is 5.91. The average Bonchev–Trinajstić information content (AvgIpc) is 2.55. The zero-order valence-corrected chi connectivity index (χ0v) is 14.2. The minimum atomic E-state index is 0.417. The van der Waals surface area contributed by atoms with E-state index in [9.17, 15) is 0 Å². The number of ether oxygens (including phenoxy) is 1. The van der Waals surface area contributed by atoms with Crippen LogP contribution < -0.4 is 10.1 Å². The Labute approximate surface area is 138 Å². The second-order valence-corrected chi connectivity index (χ2v) is 5.70. The molecule has 0 aliphatic carbocycles. The molecule has 2 heterocycles.